The maximum atomic E-state index is 6.20. The first-order valence-corrected chi connectivity index (χ1v) is 17.3. The van der Waals surface area contributed by atoms with Crippen LogP contribution in [0.2, 0.25) is 0 Å². The Balaban J connectivity index is 1.18. The van der Waals surface area contributed by atoms with Crippen LogP contribution in [-0.4, -0.2) is 19.1 Å². The predicted molar refractivity (Wildman–Crippen MR) is 211 cm³/mol. The van der Waals surface area contributed by atoms with Crippen LogP contribution in [0.3, 0.4) is 0 Å². The van der Waals surface area contributed by atoms with Crippen LogP contribution in [0.25, 0.3) is 110 Å². The van der Waals surface area contributed by atoms with Gasteiger partial charge in [-0.25, -0.2) is 4.98 Å². The van der Waals surface area contributed by atoms with E-state index in [1.807, 2.05) is 18.3 Å². The third kappa shape index (κ3) is 3.54. The van der Waals surface area contributed by atoms with E-state index in [9.17, 15) is 0 Å². The maximum Gasteiger partial charge on any atom is 0.156 e. The van der Waals surface area contributed by atoms with Crippen molar-refractivity contribution < 1.29 is 4.42 Å². The molecule has 0 unspecified atom stereocenters. The van der Waals surface area contributed by atoms with Crippen molar-refractivity contribution >= 4 is 98.1 Å². The lowest BCUT2D eigenvalue weighted by atomic mass is 10.00. The van der Waals surface area contributed by atoms with Crippen LogP contribution in [0.5, 0.6) is 0 Å². The summed E-state index contributed by atoms with van der Waals surface area (Å²) in [5, 5.41) is 11.7. The standard InChI is InChI=1S/C46H26N4O/c1-3-14-31-28(11-1)29-12-2-4-15-32(29)46-45(31)47-26-42(48-46)50-37-19-9-6-17-34(37)44-39(50)23-22-38-43(44)33-16-5-8-18-36(33)49(38)27-21-24-41-35(25-27)30-13-7-10-20-40(30)51-41/h1-26H. The molecule has 0 N–H and O–H groups in total. The lowest BCUT2D eigenvalue weighted by molar-refractivity contribution is 0.669. The molecule has 0 amide bonds. The fourth-order valence-corrected chi connectivity index (χ4v) is 8.62. The molecule has 0 saturated carbocycles. The van der Waals surface area contributed by atoms with Crippen molar-refractivity contribution in [3.63, 3.8) is 0 Å². The van der Waals surface area contributed by atoms with Gasteiger partial charge in [-0.3, -0.25) is 9.55 Å². The van der Waals surface area contributed by atoms with E-state index in [1.54, 1.807) is 0 Å². The second-order valence-corrected chi connectivity index (χ2v) is 13.4. The fourth-order valence-electron chi connectivity index (χ4n) is 8.62. The Morgan fingerprint density at radius 1 is 0.392 bits per heavy atom. The number of fused-ring (bicyclic) bond motifs is 16. The quantitative estimate of drug-likeness (QED) is 0.175. The van der Waals surface area contributed by atoms with Crippen LogP contribution in [-0.2, 0) is 0 Å². The van der Waals surface area contributed by atoms with Gasteiger partial charge in [-0.15, -0.1) is 0 Å². The topological polar surface area (TPSA) is 48.8 Å². The zero-order valence-electron chi connectivity index (χ0n) is 27.2. The van der Waals surface area contributed by atoms with Crippen LogP contribution in [0.1, 0.15) is 0 Å². The summed E-state index contributed by atoms with van der Waals surface area (Å²) in [5.41, 5.74) is 9.23. The SMILES string of the molecule is c1ccc2c(c1)oc1ccc(-n3c4ccccc4c4c5c6ccccc6n(-c6cnc7c8ccccc8c8ccccc8c7n6)c5ccc43)cc12. The van der Waals surface area contributed by atoms with Crippen molar-refractivity contribution in [2.75, 3.05) is 0 Å². The first-order chi connectivity index (χ1) is 25.3. The second kappa shape index (κ2) is 9.80. The average Bonchev–Trinajstić information content (AvgIpc) is 3.85. The zero-order chi connectivity index (χ0) is 33.2. The lowest BCUT2D eigenvalue weighted by Crippen LogP contribution is -2.00. The number of nitrogens with zero attached hydrogens (tertiary/aromatic N) is 4. The Kier molecular flexibility index (Phi) is 5.17. The minimum absolute atomic E-state index is 0.800. The molecule has 0 spiro atoms. The minimum atomic E-state index is 0.800. The summed E-state index contributed by atoms with van der Waals surface area (Å²) < 4.78 is 10.9. The highest BCUT2D eigenvalue weighted by Gasteiger charge is 2.22. The molecule has 236 valence electrons. The number of hydrogen-bond donors (Lipinski definition) is 0. The van der Waals surface area contributed by atoms with E-state index in [1.165, 1.54) is 32.3 Å². The van der Waals surface area contributed by atoms with E-state index in [-0.39, 0.29) is 0 Å². The number of benzene rings is 8. The molecule has 12 rings (SSSR count). The second-order valence-electron chi connectivity index (χ2n) is 13.4. The molecule has 0 aliphatic carbocycles. The summed E-state index contributed by atoms with van der Waals surface area (Å²) in [4.78, 5) is 10.6. The van der Waals surface area contributed by atoms with Crippen molar-refractivity contribution in [2.45, 2.75) is 0 Å². The Bertz CT molecular complexity index is 3400. The van der Waals surface area contributed by atoms with Gasteiger partial charge in [-0.05, 0) is 59.3 Å². The molecule has 0 bridgehead atoms. The Morgan fingerprint density at radius 3 is 1.63 bits per heavy atom. The van der Waals surface area contributed by atoms with E-state index in [2.05, 4.69) is 149 Å². The molecule has 0 fully saturated rings. The molecule has 8 aromatic carbocycles. The van der Waals surface area contributed by atoms with Crippen molar-refractivity contribution in [1.82, 2.24) is 19.1 Å². The van der Waals surface area contributed by atoms with Gasteiger partial charge in [0.15, 0.2) is 5.82 Å². The van der Waals surface area contributed by atoms with Crippen LogP contribution < -0.4 is 0 Å². The summed E-state index contributed by atoms with van der Waals surface area (Å²) in [7, 11) is 0. The molecule has 4 aromatic heterocycles. The van der Waals surface area contributed by atoms with Gasteiger partial charge in [0.05, 0.1) is 39.3 Å². The van der Waals surface area contributed by atoms with Crippen LogP contribution in [0.15, 0.2) is 162 Å². The van der Waals surface area contributed by atoms with E-state index in [4.69, 9.17) is 14.4 Å². The monoisotopic (exact) mass is 650 g/mol. The maximum absolute atomic E-state index is 6.20. The number of para-hydroxylation sites is 3. The van der Waals surface area contributed by atoms with Crippen LogP contribution >= 0.6 is 0 Å². The highest BCUT2D eigenvalue weighted by atomic mass is 16.3. The molecule has 0 saturated heterocycles. The molecule has 51 heavy (non-hydrogen) atoms. The van der Waals surface area contributed by atoms with Gasteiger partial charge in [-0.1, -0.05) is 103 Å². The molecular weight excluding hydrogens is 625 g/mol. The van der Waals surface area contributed by atoms with Gasteiger partial charge < -0.3 is 8.98 Å². The number of rotatable bonds is 2. The number of hydrogen-bond acceptors (Lipinski definition) is 3. The van der Waals surface area contributed by atoms with Crippen LogP contribution in [0, 0.1) is 0 Å². The van der Waals surface area contributed by atoms with Crippen molar-refractivity contribution in [3.05, 3.63) is 158 Å². The zero-order valence-corrected chi connectivity index (χ0v) is 27.2. The summed E-state index contributed by atoms with van der Waals surface area (Å²) in [6, 6.07) is 53.8. The highest BCUT2D eigenvalue weighted by Crippen LogP contribution is 2.43. The number of furan rings is 1. The molecular formula is C46H26N4O. The first-order valence-electron chi connectivity index (χ1n) is 17.3. The summed E-state index contributed by atoms with van der Waals surface area (Å²) in [5.74, 6) is 0.800. The third-order valence-electron chi connectivity index (χ3n) is 10.7. The first kappa shape index (κ1) is 26.9. The molecule has 5 nitrogen and oxygen atoms in total. The molecule has 0 radical (unpaired) electrons. The van der Waals surface area contributed by atoms with E-state index >= 15 is 0 Å². The van der Waals surface area contributed by atoms with Crippen molar-refractivity contribution in [3.8, 4) is 11.5 Å². The molecule has 0 atom stereocenters. The highest BCUT2D eigenvalue weighted by molar-refractivity contribution is 6.29. The normalized spacial score (nSPS) is 12.3. The Hall–Kier alpha value is -6.98. The largest absolute Gasteiger partial charge is 0.456 e. The van der Waals surface area contributed by atoms with E-state index < -0.39 is 0 Å². The lowest BCUT2D eigenvalue weighted by Gasteiger charge is -2.12. The molecule has 5 heteroatoms. The molecule has 0 aliphatic rings. The van der Waals surface area contributed by atoms with Gasteiger partial charge in [0.25, 0.3) is 0 Å². The average molecular weight is 651 g/mol. The number of aromatic nitrogens is 4. The molecule has 4 heterocycles. The van der Waals surface area contributed by atoms with Gasteiger partial charge in [0, 0.05) is 48.8 Å². The van der Waals surface area contributed by atoms with Gasteiger partial charge >= 0.3 is 0 Å². The molecule has 12 aromatic rings. The Labute approximate surface area is 290 Å². The third-order valence-corrected chi connectivity index (χ3v) is 10.7. The molecule has 0 aliphatic heterocycles. The summed E-state index contributed by atoms with van der Waals surface area (Å²) >= 11 is 0. The minimum Gasteiger partial charge on any atom is -0.456 e. The van der Waals surface area contributed by atoms with Crippen molar-refractivity contribution in [1.29, 1.82) is 0 Å². The fraction of sp³-hybridized carbons (Fsp3) is 0. The van der Waals surface area contributed by atoms with Gasteiger partial charge in [-0.2, -0.15) is 0 Å². The van der Waals surface area contributed by atoms with E-state index in [0.29, 0.717) is 0 Å². The van der Waals surface area contributed by atoms with Gasteiger partial charge in [0.1, 0.15) is 11.2 Å². The summed E-state index contributed by atoms with van der Waals surface area (Å²) in [6.07, 6.45) is 1.94. The van der Waals surface area contributed by atoms with Gasteiger partial charge in [0.2, 0.25) is 0 Å². The summed E-state index contributed by atoms with van der Waals surface area (Å²) in [6.45, 7) is 0. The smallest absolute Gasteiger partial charge is 0.156 e. The predicted octanol–water partition coefficient (Wildman–Crippen LogP) is 12.0. The van der Waals surface area contributed by atoms with Crippen LogP contribution in [0.4, 0.5) is 0 Å². The Morgan fingerprint density at radius 2 is 0.922 bits per heavy atom. The van der Waals surface area contributed by atoms with E-state index in [0.717, 1.165) is 77.3 Å². The van der Waals surface area contributed by atoms with Crippen molar-refractivity contribution in [2.24, 2.45) is 0 Å².